The number of nitrogens with one attached hydrogen (secondary N) is 1. The maximum atomic E-state index is 5.86. The highest BCUT2D eigenvalue weighted by Gasteiger charge is 2.13. The van der Waals surface area contributed by atoms with E-state index < -0.39 is 5.02 Å². The van der Waals surface area contributed by atoms with E-state index in [1.165, 1.54) is 0 Å². The number of anilines is 1. The lowest BCUT2D eigenvalue weighted by Gasteiger charge is -2.21. The van der Waals surface area contributed by atoms with Crippen LogP contribution in [0.2, 0.25) is 0 Å². The number of hydrogen-bond donors (Lipinski definition) is 2. The monoisotopic (exact) mass is 290 g/mol. The van der Waals surface area contributed by atoms with E-state index in [9.17, 15) is 0 Å². The molecule has 1 aromatic rings. The fourth-order valence-corrected chi connectivity index (χ4v) is 1.78. The second-order valence-corrected chi connectivity index (χ2v) is 6.16. The zero-order chi connectivity index (χ0) is 13.8. The maximum absolute atomic E-state index is 5.86. The highest BCUT2D eigenvalue weighted by atomic mass is 35.5. The topological polar surface area (TPSA) is 47.3 Å². The SMILES string of the molecule is CC(C)(C)NCCc1cccc(N)c1OC(Cl)Cl. The molecule has 0 heterocycles. The molecule has 1 aromatic carbocycles. The number of alkyl halides is 2. The lowest BCUT2D eigenvalue weighted by atomic mass is 10.1. The summed E-state index contributed by atoms with van der Waals surface area (Å²) in [5.41, 5.74) is 7.50. The quantitative estimate of drug-likeness (QED) is 0.646. The Morgan fingerprint density at radius 2 is 2.00 bits per heavy atom. The maximum Gasteiger partial charge on any atom is 0.247 e. The molecule has 0 fully saturated rings. The number of benzene rings is 1. The second kappa shape index (κ2) is 6.50. The third-order valence-corrected chi connectivity index (χ3v) is 2.56. The molecular weight excluding hydrogens is 271 g/mol. The van der Waals surface area contributed by atoms with Gasteiger partial charge in [0.15, 0.2) is 0 Å². The molecule has 102 valence electrons. The summed E-state index contributed by atoms with van der Waals surface area (Å²) in [6.07, 6.45) is 0.804. The molecule has 0 aliphatic carbocycles. The van der Waals surface area contributed by atoms with Gasteiger partial charge in [-0.25, -0.2) is 0 Å². The van der Waals surface area contributed by atoms with Gasteiger partial charge in [0.1, 0.15) is 5.75 Å². The van der Waals surface area contributed by atoms with E-state index in [0.29, 0.717) is 11.4 Å². The van der Waals surface area contributed by atoms with Crippen LogP contribution in [0.3, 0.4) is 0 Å². The average molecular weight is 291 g/mol. The molecule has 0 aliphatic rings. The van der Waals surface area contributed by atoms with Gasteiger partial charge in [0.25, 0.3) is 0 Å². The van der Waals surface area contributed by atoms with E-state index in [1.807, 2.05) is 12.1 Å². The molecule has 0 amide bonds. The van der Waals surface area contributed by atoms with Crippen molar-refractivity contribution in [2.45, 2.75) is 37.8 Å². The molecule has 0 bridgehead atoms. The molecule has 0 saturated carbocycles. The van der Waals surface area contributed by atoms with Crippen molar-refractivity contribution in [2.24, 2.45) is 0 Å². The zero-order valence-electron chi connectivity index (χ0n) is 11.0. The Hall–Kier alpha value is -0.640. The van der Waals surface area contributed by atoms with E-state index in [0.717, 1.165) is 18.5 Å². The zero-order valence-corrected chi connectivity index (χ0v) is 12.5. The Bertz CT molecular complexity index is 389. The van der Waals surface area contributed by atoms with Crippen LogP contribution in [-0.4, -0.2) is 17.1 Å². The number of nitrogen functional groups attached to an aromatic ring is 1. The van der Waals surface area contributed by atoms with Crippen LogP contribution in [0.15, 0.2) is 18.2 Å². The van der Waals surface area contributed by atoms with Crippen molar-refractivity contribution >= 4 is 28.9 Å². The summed E-state index contributed by atoms with van der Waals surface area (Å²) in [6, 6.07) is 5.63. The van der Waals surface area contributed by atoms with Crippen molar-refractivity contribution in [3.63, 3.8) is 0 Å². The first kappa shape index (κ1) is 15.4. The van der Waals surface area contributed by atoms with Crippen LogP contribution in [0.4, 0.5) is 5.69 Å². The Kier molecular flexibility index (Phi) is 5.57. The number of para-hydroxylation sites is 1. The van der Waals surface area contributed by atoms with E-state index in [-0.39, 0.29) is 5.54 Å². The molecule has 0 spiro atoms. The van der Waals surface area contributed by atoms with Gasteiger partial charge in [0.05, 0.1) is 5.69 Å². The van der Waals surface area contributed by atoms with E-state index in [1.54, 1.807) is 6.07 Å². The summed E-state index contributed by atoms with van der Waals surface area (Å²) in [5.74, 6) is 0.572. The normalized spacial score (nSPS) is 11.9. The van der Waals surface area contributed by atoms with Gasteiger partial charge in [0, 0.05) is 5.54 Å². The molecule has 3 nitrogen and oxygen atoms in total. The van der Waals surface area contributed by atoms with Gasteiger partial charge >= 0.3 is 0 Å². The molecule has 0 radical (unpaired) electrons. The van der Waals surface area contributed by atoms with Gasteiger partial charge in [-0.15, -0.1) is 0 Å². The Morgan fingerprint density at radius 1 is 1.33 bits per heavy atom. The first-order chi connectivity index (χ1) is 8.29. The van der Waals surface area contributed by atoms with Crippen molar-refractivity contribution in [3.8, 4) is 5.75 Å². The number of halogens is 2. The van der Waals surface area contributed by atoms with Crippen molar-refractivity contribution < 1.29 is 4.74 Å². The van der Waals surface area contributed by atoms with Crippen LogP contribution in [0.5, 0.6) is 5.75 Å². The predicted molar refractivity (Wildman–Crippen MR) is 78.4 cm³/mol. The van der Waals surface area contributed by atoms with Gasteiger partial charge in [-0.2, -0.15) is 0 Å². The Labute approximate surface area is 119 Å². The second-order valence-electron chi connectivity index (χ2n) is 5.14. The van der Waals surface area contributed by atoms with Crippen LogP contribution in [0.25, 0.3) is 0 Å². The molecular formula is C13H20Cl2N2O. The average Bonchev–Trinajstić information content (AvgIpc) is 2.20. The molecule has 0 atom stereocenters. The smallest absolute Gasteiger partial charge is 0.247 e. The van der Waals surface area contributed by atoms with Gasteiger partial charge < -0.3 is 15.8 Å². The first-order valence-corrected chi connectivity index (χ1v) is 6.74. The number of rotatable bonds is 5. The summed E-state index contributed by atoms with van der Waals surface area (Å²) < 4.78 is 5.34. The number of hydrogen-bond acceptors (Lipinski definition) is 3. The first-order valence-electron chi connectivity index (χ1n) is 5.87. The summed E-state index contributed by atoms with van der Waals surface area (Å²) in [4.78, 5) is 0. The Balaban J connectivity index is 2.72. The summed E-state index contributed by atoms with van der Waals surface area (Å²) in [5, 5.41) is 2.50. The van der Waals surface area contributed by atoms with Gasteiger partial charge in [0.2, 0.25) is 5.02 Å². The number of nitrogens with two attached hydrogens (primary N) is 1. The molecule has 5 heteroatoms. The fourth-order valence-electron chi connectivity index (χ4n) is 1.61. The van der Waals surface area contributed by atoms with E-state index in [2.05, 4.69) is 26.1 Å². The van der Waals surface area contributed by atoms with Crippen molar-refractivity contribution in [2.75, 3.05) is 12.3 Å². The molecule has 18 heavy (non-hydrogen) atoms. The highest BCUT2D eigenvalue weighted by Crippen LogP contribution is 2.29. The minimum atomic E-state index is -0.913. The minimum absolute atomic E-state index is 0.0862. The Morgan fingerprint density at radius 3 is 2.56 bits per heavy atom. The molecule has 0 aromatic heterocycles. The van der Waals surface area contributed by atoms with E-state index >= 15 is 0 Å². The fraction of sp³-hybridized carbons (Fsp3) is 0.538. The molecule has 0 aliphatic heterocycles. The standard InChI is InChI=1S/C13H20Cl2N2O/c1-13(2,3)17-8-7-9-5-4-6-10(16)11(9)18-12(14)15/h4-6,12,17H,7-8,16H2,1-3H3. The van der Waals surface area contributed by atoms with Crippen LogP contribution in [0.1, 0.15) is 26.3 Å². The van der Waals surface area contributed by atoms with Gasteiger partial charge in [-0.3, -0.25) is 0 Å². The van der Waals surface area contributed by atoms with Crippen molar-refractivity contribution in [3.05, 3.63) is 23.8 Å². The van der Waals surface area contributed by atoms with Gasteiger partial charge in [-0.05, 0) is 45.4 Å². The van der Waals surface area contributed by atoms with Crippen LogP contribution < -0.4 is 15.8 Å². The van der Waals surface area contributed by atoms with Crippen LogP contribution >= 0.6 is 23.2 Å². The van der Waals surface area contributed by atoms with E-state index in [4.69, 9.17) is 33.7 Å². The lowest BCUT2D eigenvalue weighted by molar-refractivity contribution is 0.350. The molecule has 3 N–H and O–H groups in total. The molecule has 0 unspecified atom stereocenters. The highest BCUT2D eigenvalue weighted by molar-refractivity contribution is 6.43. The van der Waals surface area contributed by atoms with Gasteiger partial charge in [-0.1, -0.05) is 35.3 Å². The largest absolute Gasteiger partial charge is 0.458 e. The van der Waals surface area contributed by atoms with Crippen molar-refractivity contribution in [1.82, 2.24) is 5.32 Å². The minimum Gasteiger partial charge on any atom is -0.458 e. The third kappa shape index (κ3) is 5.34. The molecule has 1 rings (SSSR count). The van der Waals surface area contributed by atoms with Crippen LogP contribution in [-0.2, 0) is 6.42 Å². The third-order valence-electron chi connectivity index (χ3n) is 2.38. The molecule has 0 saturated heterocycles. The summed E-state index contributed by atoms with van der Waals surface area (Å²) in [7, 11) is 0. The summed E-state index contributed by atoms with van der Waals surface area (Å²) >= 11 is 11.3. The summed E-state index contributed by atoms with van der Waals surface area (Å²) in [6.45, 7) is 7.20. The predicted octanol–water partition coefficient (Wildman–Crippen LogP) is 3.34. The lowest BCUT2D eigenvalue weighted by Crippen LogP contribution is -2.37. The van der Waals surface area contributed by atoms with Crippen molar-refractivity contribution in [1.29, 1.82) is 0 Å². The number of ether oxygens (including phenoxy) is 1. The van der Waals surface area contributed by atoms with Crippen LogP contribution in [0, 0.1) is 0 Å².